The average molecular weight is 460 g/mol. The topological polar surface area (TPSA) is 100 Å². The second-order valence-electron chi connectivity index (χ2n) is 7.75. The molecule has 2 N–H and O–H groups in total. The molecule has 10 heteroatoms. The van der Waals surface area contributed by atoms with E-state index in [4.69, 9.17) is 21.1 Å². The summed E-state index contributed by atoms with van der Waals surface area (Å²) in [4.78, 5) is 25.1. The van der Waals surface area contributed by atoms with Gasteiger partial charge in [0.05, 0.1) is 32.1 Å². The van der Waals surface area contributed by atoms with Crippen molar-refractivity contribution in [1.29, 1.82) is 0 Å². The Labute approximate surface area is 191 Å². The number of hydrogen-bond acceptors (Lipinski definition) is 8. The summed E-state index contributed by atoms with van der Waals surface area (Å²) < 4.78 is 10.9. The molecule has 170 valence electrons. The minimum atomic E-state index is -0.130. The fourth-order valence-corrected chi connectivity index (χ4v) is 4.19. The van der Waals surface area contributed by atoms with Crippen LogP contribution in [0.1, 0.15) is 16.8 Å². The van der Waals surface area contributed by atoms with Gasteiger partial charge in [0.2, 0.25) is 5.91 Å². The van der Waals surface area contributed by atoms with Crippen LogP contribution >= 0.6 is 11.6 Å². The van der Waals surface area contributed by atoms with Crippen molar-refractivity contribution in [1.82, 2.24) is 19.8 Å². The van der Waals surface area contributed by atoms with Crippen molar-refractivity contribution < 1.29 is 19.4 Å². The number of amides is 1. The molecule has 0 aliphatic carbocycles. The van der Waals surface area contributed by atoms with E-state index < -0.39 is 0 Å². The molecule has 1 amide bonds. The van der Waals surface area contributed by atoms with E-state index in [9.17, 15) is 9.90 Å². The van der Waals surface area contributed by atoms with E-state index in [0.717, 1.165) is 16.8 Å². The largest absolute Gasteiger partial charge is 0.508 e. The van der Waals surface area contributed by atoms with Gasteiger partial charge < -0.3 is 24.8 Å². The van der Waals surface area contributed by atoms with Gasteiger partial charge in [-0.05, 0) is 29.8 Å². The number of carbonyl (C=O) groups excluding carboxylic acids is 1. The third-order valence-electron chi connectivity index (χ3n) is 5.62. The number of nitrogens with one attached hydrogen (secondary N) is 1. The number of rotatable bonds is 7. The smallest absolute Gasteiger partial charge is 0.318 e. The van der Waals surface area contributed by atoms with E-state index in [-0.39, 0.29) is 23.7 Å². The zero-order valence-corrected chi connectivity index (χ0v) is 18.6. The molecule has 0 bridgehead atoms. The van der Waals surface area contributed by atoms with Crippen LogP contribution in [0.3, 0.4) is 0 Å². The number of benzene rings is 1. The molecule has 0 spiro atoms. The van der Waals surface area contributed by atoms with Crippen LogP contribution in [0.2, 0.25) is 5.02 Å². The van der Waals surface area contributed by atoms with Crippen molar-refractivity contribution in [3.63, 3.8) is 0 Å². The number of aromatic hydroxyl groups is 1. The Morgan fingerprint density at radius 1 is 1.44 bits per heavy atom. The number of hydrogen-bond donors (Lipinski definition) is 2. The van der Waals surface area contributed by atoms with Crippen LogP contribution in [-0.2, 0) is 29.2 Å². The summed E-state index contributed by atoms with van der Waals surface area (Å²) in [7, 11) is 1.53. The first-order valence-electron chi connectivity index (χ1n) is 10.4. The lowest BCUT2D eigenvalue weighted by atomic mass is 10.2. The van der Waals surface area contributed by atoms with E-state index in [1.165, 1.54) is 13.2 Å². The van der Waals surface area contributed by atoms with Gasteiger partial charge in [0.25, 0.3) is 0 Å². The highest BCUT2D eigenvalue weighted by atomic mass is 35.5. The Morgan fingerprint density at radius 3 is 3.06 bits per heavy atom. The second-order valence-corrected chi connectivity index (χ2v) is 8.16. The van der Waals surface area contributed by atoms with Gasteiger partial charge in [-0.3, -0.25) is 9.69 Å². The van der Waals surface area contributed by atoms with Crippen LogP contribution in [0.25, 0.3) is 0 Å². The molecule has 32 heavy (non-hydrogen) atoms. The minimum absolute atomic E-state index is 0.111. The van der Waals surface area contributed by atoms with Crippen LogP contribution in [0.5, 0.6) is 11.8 Å². The molecule has 1 aromatic carbocycles. The van der Waals surface area contributed by atoms with E-state index in [1.807, 2.05) is 0 Å². The van der Waals surface area contributed by atoms with Crippen molar-refractivity contribution in [2.75, 3.05) is 38.7 Å². The van der Waals surface area contributed by atoms with Crippen molar-refractivity contribution in [3.8, 4) is 11.8 Å². The number of anilines is 1. The monoisotopic (exact) mass is 459 g/mol. The fraction of sp³-hybridized carbons (Fsp3) is 0.409. The van der Waals surface area contributed by atoms with Gasteiger partial charge in [-0.1, -0.05) is 18.2 Å². The van der Waals surface area contributed by atoms with Crippen LogP contribution in [0.4, 0.5) is 5.82 Å². The SMILES string of the molecule is C=CC(=O)N1CCOCC1CNc1nc(OC)nc2c1CN(Cc1cc(O)ccc1Cl)C2. The van der Waals surface area contributed by atoms with Gasteiger partial charge in [0.15, 0.2) is 0 Å². The van der Waals surface area contributed by atoms with Gasteiger partial charge in [-0.25, -0.2) is 0 Å². The number of halogens is 1. The van der Waals surface area contributed by atoms with E-state index in [1.54, 1.807) is 23.1 Å². The van der Waals surface area contributed by atoms with E-state index >= 15 is 0 Å². The zero-order chi connectivity index (χ0) is 22.7. The second kappa shape index (κ2) is 9.72. The number of methoxy groups -OCH3 is 1. The van der Waals surface area contributed by atoms with Crippen molar-refractivity contribution in [3.05, 3.63) is 52.7 Å². The third kappa shape index (κ3) is 4.79. The van der Waals surface area contributed by atoms with Gasteiger partial charge in [0, 0.05) is 43.3 Å². The molecule has 2 aliphatic rings. The highest BCUT2D eigenvalue weighted by Crippen LogP contribution is 2.31. The highest BCUT2D eigenvalue weighted by Gasteiger charge is 2.29. The van der Waals surface area contributed by atoms with E-state index in [0.29, 0.717) is 56.8 Å². The maximum atomic E-state index is 12.2. The summed E-state index contributed by atoms with van der Waals surface area (Å²) in [5, 5.41) is 13.8. The molecular weight excluding hydrogens is 434 g/mol. The summed E-state index contributed by atoms with van der Waals surface area (Å²) in [5.74, 6) is 0.742. The Bertz CT molecular complexity index is 1020. The number of morpholine rings is 1. The summed E-state index contributed by atoms with van der Waals surface area (Å²) in [6, 6.07) is 5.08. The lowest BCUT2D eigenvalue weighted by Crippen LogP contribution is -2.51. The van der Waals surface area contributed by atoms with Crippen LogP contribution in [-0.4, -0.2) is 70.2 Å². The summed E-state index contributed by atoms with van der Waals surface area (Å²) in [5.41, 5.74) is 2.68. The fourth-order valence-electron chi connectivity index (χ4n) is 4.01. The Morgan fingerprint density at radius 2 is 2.28 bits per heavy atom. The standard InChI is InChI=1S/C22H26ClN5O4/c1-3-20(30)28-6-7-32-13-15(28)9-24-21-17-11-27(12-19(17)25-22(26-21)31-2)10-14-8-16(29)4-5-18(14)23/h3-5,8,15,29H,1,6-7,9-13H2,2H3,(H,24,25,26). The number of fused-ring (bicyclic) bond motifs is 1. The lowest BCUT2D eigenvalue weighted by molar-refractivity contribution is -0.133. The first-order chi connectivity index (χ1) is 15.5. The first kappa shape index (κ1) is 22.3. The third-order valence-corrected chi connectivity index (χ3v) is 5.99. The molecule has 1 atom stereocenters. The zero-order valence-electron chi connectivity index (χ0n) is 17.9. The number of phenolic OH excluding ortho intramolecular Hbond substituents is 1. The predicted molar refractivity (Wildman–Crippen MR) is 120 cm³/mol. The molecule has 0 radical (unpaired) electrons. The van der Waals surface area contributed by atoms with Crippen LogP contribution < -0.4 is 10.1 Å². The van der Waals surface area contributed by atoms with Crippen molar-refractivity contribution in [2.45, 2.75) is 25.7 Å². The number of nitrogens with zero attached hydrogens (tertiary/aromatic N) is 4. The predicted octanol–water partition coefficient (Wildman–Crippen LogP) is 2.19. The van der Waals surface area contributed by atoms with Crippen LogP contribution in [0, 0.1) is 0 Å². The Kier molecular flexibility index (Phi) is 6.78. The molecule has 9 nitrogen and oxygen atoms in total. The number of phenols is 1. The van der Waals surface area contributed by atoms with Crippen molar-refractivity contribution in [2.24, 2.45) is 0 Å². The van der Waals surface area contributed by atoms with E-state index in [2.05, 4.69) is 26.8 Å². The normalized spacial score (nSPS) is 18.3. The Hall–Kier alpha value is -2.88. The quantitative estimate of drug-likeness (QED) is 0.608. The van der Waals surface area contributed by atoms with Crippen LogP contribution in [0.15, 0.2) is 30.9 Å². The number of ether oxygens (including phenoxy) is 2. The molecule has 2 aromatic rings. The minimum Gasteiger partial charge on any atom is -0.508 e. The molecule has 4 rings (SSSR count). The summed E-state index contributed by atoms with van der Waals surface area (Å²) >= 11 is 6.30. The molecule has 1 unspecified atom stereocenters. The number of carbonyl (C=O) groups is 1. The average Bonchev–Trinajstić information content (AvgIpc) is 3.21. The number of aromatic nitrogens is 2. The van der Waals surface area contributed by atoms with Gasteiger partial charge in [-0.2, -0.15) is 9.97 Å². The van der Waals surface area contributed by atoms with Gasteiger partial charge in [0.1, 0.15) is 11.6 Å². The summed E-state index contributed by atoms with van der Waals surface area (Å²) in [6.07, 6.45) is 1.33. The molecule has 2 aliphatic heterocycles. The molecular formula is C22H26ClN5O4. The Balaban J connectivity index is 1.50. The van der Waals surface area contributed by atoms with Crippen molar-refractivity contribution >= 4 is 23.3 Å². The lowest BCUT2D eigenvalue weighted by Gasteiger charge is -2.35. The van der Waals surface area contributed by atoms with Gasteiger partial charge in [-0.15, -0.1) is 0 Å². The maximum absolute atomic E-state index is 12.2. The summed E-state index contributed by atoms with van der Waals surface area (Å²) in [6.45, 7) is 7.33. The molecule has 1 aromatic heterocycles. The first-order valence-corrected chi connectivity index (χ1v) is 10.7. The highest BCUT2D eigenvalue weighted by molar-refractivity contribution is 6.31. The molecule has 1 fully saturated rings. The van der Waals surface area contributed by atoms with Gasteiger partial charge >= 0.3 is 6.01 Å². The molecule has 1 saturated heterocycles. The molecule has 3 heterocycles. The molecule has 0 saturated carbocycles. The maximum Gasteiger partial charge on any atom is 0.318 e.